The second-order valence-corrected chi connectivity index (χ2v) is 12.2. The van der Waals surface area contributed by atoms with Gasteiger partial charge in [0.1, 0.15) is 6.10 Å². The molecule has 3 aliphatic heterocycles. The standard InChI is InChI=1S/C31H50N2O7/c1-21(7-10-26-18-25(20-34)19-31(5,6)40-26)8-11-28-22(2)17-27(24(4)39-28)32-29(35)12-9-23(3)38-30(36)33-13-15-37-16-14-33/h7-10,12,22-28,34H,11,13-20H2,1-6H3,(H,32,35)/b10-7+,12-9-,21-8+/t22-,23-,24+,25-,26+,27+,28-/m0/s1. The average molecular weight is 563 g/mol. The molecule has 3 rings (SSSR count). The van der Waals surface area contributed by atoms with Crippen LogP contribution in [0.25, 0.3) is 0 Å². The zero-order valence-corrected chi connectivity index (χ0v) is 25.1. The van der Waals surface area contributed by atoms with Gasteiger partial charge in [-0.1, -0.05) is 30.7 Å². The van der Waals surface area contributed by atoms with Gasteiger partial charge in [-0.15, -0.1) is 0 Å². The predicted octanol–water partition coefficient (Wildman–Crippen LogP) is 4.16. The number of carbonyl (C=O) groups excluding carboxylic acids is 2. The van der Waals surface area contributed by atoms with Crippen molar-refractivity contribution in [2.45, 2.75) is 103 Å². The fraction of sp³-hybridized carbons (Fsp3) is 0.742. The van der Waals surface area contributed by atoms with E-state index in [0.29, 0.717) is 26.3 Å². The summed E-state index contributed by atoms with van der Waals surface area (Å²) in [6.45, 7) is 14.4. The molecule has 40 heavy (non-hydrogen) atoms. The lowest BCUT2D eigenvalue weighted by Crippen LogP contribution is -2.50. The lowest BCUT2D eigenvalue weighted by Gasteiger charge is -2.39. The van der Waals surface area contributed by atoms with Gasteiger partial charge >= 0.3 is 6.09 Å². The summed E-state index contributed by atoms with van der Waals surface area (Å²) in [4.78, 5) is 26.4. The molecule has 9 heteroatoms. The van der Waals surface area contributed by atoms with Crippen LogP contribution in [0.1, 0.15) is 67.2 Å². The Balaban J connectivity index is 1.42. The maximum atomic E-state index is 12.6. The second-order valence-electron chi connectivity index (χ2n) is 12.2. The summed E-state index contributed by atoms with van der Waals surface area (Å²) in [6.07, 6.45) is 11.8. The van der Waals surface area contributed by atoms with Crippen LogP contribution in [0.2, 0.25) is 0 Å². The van der Waals surface area contributed by atoms with Gasteiger partial charge in [0.15, 0.2) is 0 Å². The van der Waals surface area contributed by atoms with E-state index >= 15 is 0 Å². The van der Waals surface area contributed by atoms with Crippen molar-refractivity contribution < 1.29 is 33.6 Å². The Labute approximate surface area is 239 Å². The topological polar surface area (TPSA) is 107 Å². The Hall–Kier alpha value is -2.20. The van der Waals surface area contributed by atoms with E-state index in [9.17, 15) is 14.7 Å². The Kier molecular flexibility index (Phi) is 12.2. The van der Waals surface area contributed by atoms with Crippen molar-refractivity contribution in [2.75, 3.05) is 32.9 Å². The zero-order chi connectivity index (χ0) is 29.3. The third-order valence-electron chi connectivity index (χ3n) is 7.94. The number of aliphatic hydroxyl groups is 1. The molecule has 0 bridgehead atoms. The summed E-state index contributed by atoms with van der Waals surface area (Å²) >= 11 is 0. The molecule has 3 fully saturated rings. The molecule has 0 saturated carbocycles. The Morgan fingerprint density at radius 1 is 1.18 bits per heavy atom. The number of allylic oxidation sites excluding steroid dienone is 2. The first kappa shape index (κ1) is 32.3. The van der Waals surface area contributed by atoms with Crippen LogP contribution in [0.3, 0.4) is 0 Å². The van der Waals surface area contributed by atoms with Crippen LogP contribution in [-0.2, 0) is 23.7 Å². The fourth-order valence-corrected chi connectivity index (χ4v) is 5.68. The lowest BCUT2D eigenvalue weighted by atomic mass is 9.85. The van der Waals surface area contributed by atoms with E-state index < -0.39 is 12.2 Å². The Morgan fingerprint density at radius 3 is 2.60 bits per heavy atom. The number of ether oxygens (including phenoxy) is 4. The molecule has 7 atom stereocenters. The molecule has 0 spiro atoms. The molecule has 0 aromatic rings. The molecule has 3 heterocycles. The molecule has 226 valence electrons. The Morgan fingerprint density at radius 2 is 1.90 bits per heavy atom. The molecular formula is C31H50N2O7. The quantitative estimate of drug-likeness (QED) is 0.321. The van der Waals surface area contributed by atoms with E-state index in [1.807, 2.05) is 6.92 Å². The van der Waals surface area contributed by atoms with Gasteiger partial charge < -0.3 is 34.3 Å². The average Bonchev–Trinajstić information content (AvgIpc) is 2.91. The van der Waals surface area contributed by atoms with Crippen LogP contribution >= 0.6 is 0 Å². The van der Waals surface area contributed by atoms with Crippen LogP contribution < -0.4 is 5.32 Å². The van der Waals surface area contributed by atoms with Crippen molar-refractivity contribution in [3.63, 3.8) is 0 Å². The third kappa shape index (κ3) is 10.3. The largest absolute Gasteiger partial charge is 0.442 e. The number of nitrogens with zero attached hydrogens (tertiary/aromatic N) is 1. The highest BCUT2D eigenvalue weighted by molar-refractivity contribution is 5.87. The normalized spacial score (nSPS) is 32.3. The highest BCUT2D eigenvalue weighted by Gasteiger charge is 2.34. The summed E-state index contributed by atoms with van der Waals surface area (Å²) in [5.74, 6) is 0.323. The minimum absolute atomic E-state index is 0.00681. The maximum Gasteiger partial charge on any atom is 0.410 e. The van der Waals surface area contributed by atoms with Crippen LogP contribution in [-0.4, -0.2) is 91.0 Å². The molecule has 0 unspecified atom stereocenters. The van der Waals surface area contributed by atoms with Gasteiger partial charge in [0, 0.05) is 25.8 Å². The predicted molar refractivity (Wildman–Crippen MR) is 154 cm³/mol. The summed E-state index contributed by atoms with van der Waals surface area (Å²) in [5.41, 5.74) is 0.926. The third-order valence-corrected chi connectivity index (χ3v) is 7.94. The van der Waals surface area contributed by atoms with Gasteiger partial charge in [-0.05, 0) is 78.2 Å². The molecule has 3 saturated heterocycles. The van der Waals surface area contributed by atoms with Gasteiger partial charge in [-0.25, -0.2) is 4.79 Å². The maximum absolute atomic E-state index is 12.6. The monoisotopic (exact) mass is 562 g/mol. The highest BCUT2D eigenvalue weighted by Crippen LogP contribution is 2.33. The van der Waals surface area contributed by atoms with Crippen LogP contribution in [0.5, 0.6) is 0 Å². The van der Waals surface area contributed by atoms with Crippen LogP contribution in [0, 0.1) is 11.8 Å². The van der Waals surface area contributed by atoms with Gasteiger partial charge in [0.25, 0.3) is 0 Å². The first-order valence-corrected chi connectivity index (χ1v) is 14.8. The van der Waals surface area contributed by atoms with Gasteiger partial charge in [0.2, 0.25) is 5.91 Å². The highest BCUT2D eigenvalue weighted by atomic mass is 16.6. The van der Waals surface area contributed by atoms with Gasteiger partial charge in [0.05, 0.1) is 43.2 Å². The van der Waals surface area contributed by atoms with E-state index in [-0.39, 0.29) is 54.3 Å². The number of morpholine rings is 1. The molecular weight excluding hydrogens is 512 g/mol. The number of nitrogens with one attached hydrogen (secondary N) is 1. The Bertz CT molecular complexity index is 925. The van der Waals surface area contributed by atoms with Crippen molar-refractivity contribution in [3.05, 3.63) is 36.0 Å². The molecule has 2 N–H and O–H groups in total. The molecule has 0 aromatic heterocycles. The number of hydrogen-bond acceptors (Lipinski definition) is 7. The smallest absolute Gasteiger partial charge is 0.410 e. The van der Waals surface area contributed by atoms with Gasteiger partial charge in [-0.2, -0.15) is 0 Å². The van der Waals surface area contributed by atoms with E-state index in [4.69, 9.17) is 18.9 Å². The van der Waals surface area contributed by atoms with Crippen molar-refractivity contribution >= 4 is 12.0 Å². The lowest BCUT2D eigenvalue weighted by molar-refractivity contribution is -0.123. The number of carbonyl (C=O) groups is 2. The second kappa shape index (κ2) is 15.1. The minimum atomic E-state index is -0.513. The van der Waals surface area contributed by atoms with Crippen LogP contribution in [0.4, 0.5) is 4.79 Å². The number of amides is 2. The number of hydrogen-bond donors (Lipinski definition) is 2. The SMILES string of the molecule is CC(/C=C/[C@@H]1C[C@H](CO)CC(C)(C)O1)=C\C[C@@H]1O[C@H](C)[C@H](NC(=O)/C=C\[C@H](C)OC(=O)N2CCOCC2)C[C@@H]1C. The van der Waals surface area contributed by atoms with Crippen LogP contribution in [0.15, 0.2) is 36.0 Å². The summed E-state index contributed by atoms with van der Waals surface area (Å²) < 4.78 is 23.2. The summed E-state index contributed by atoms with van der Waals surface area (Å²) in [6, 6.07) is -0.0918. The van der Waals surface area contributed by atoms with Crippen molar-refractivity contribution in [3.8, 4) is 0 Å². The van der Waals surface area contributed by atoms with Crippen molar-refractivity contribution in [1.82, 2.24) is 10.2 Å². The van der Waals surface area contributed by atoms with E-state index in [1.54, 1.807) is 17.9 Å². The minimum Gasteiger partial charge on any atom is -0.442 e. The molecule has 3 aliphatic rings. The van der Waals surface area contributed by atoms with E-state index in [1.165, 1.54) is 6.08 Å². The van der Waals surface area contributed by atoms with Gasteiger partial charge in [-0.3, -0.25) is 4.79 Å². The molecule has 0 radical (unpaired) electrons. The zero-order valence-electron chi connectivity index (χ0n) is 25.1. The fourth-order valence-electron chi connectivity index (χ4n) is 5.68. The summed E-state index contributed by atoms with van der Waals surface area (Å²) in [7, 11) is 0. The van der Waals surface area contributed by atoms with Crippen molar-refractivity contribution in [2.24, 2.45) is 11.8 Å². The molecule has 9 nitrogen and oxygen atoms in total. The molecule has 2 amide bonds. The number of aliphatic hydroxyl groups excluding tert-OH is 1. The van der Waals surface area contributed by atoms with E-state index in [2.05, 4.69) is 51.2 Å². The van der Waals surface area contributed by atoms with Crippen molar-refractivity contribution in [1.29, 1.82) is 0 Å². The van der Waals surface area contributed by atoms with E-state index in [0.717, 1.165) is 31.3 Å². The molecule has 0 aliphatic carbocycles. The number of rotatable bonds is 9. The first-order chi connectivity index (χ1) is 19.0. The summed E-state index contributed by atoms with van der Waals surface area (Å²) in [5, 5.41) is 12.7. The molecule has 0 aromatic carbocycles. The first-order valence-electron chi connectivity index (χ1n) is 14.8.